The molecule has 1 aliphatic carbocycles. The van der Waals surface area contributed by atoms with Gasteiger partial charge < -0.3 is 5.32 Å². The van der Waals surface area contributed by atoms with Gasteiger partial charge in [-0.05, 0) is 18.9 Å². The highest BCUT2D eigenvalue weighted by Gasteiger charge is 2.31. The lowest BCUT2D eigenvalue weighted by Crippen LogP contribution is -2.14. The molecular formula is C9H10F3NS. The van der Waals surface area contributed by atoms with E-state index in [0.29, 0.717) is 12.6 Å². The zero-order chi connectivity index (χ0) is 10.2. The molecule has 0 spiro atoms. The minimum absolute atomic E-state index is 0.532. The molecule has 1 aromatic rings. The fourth-order valence-corrected chi connectivity index (χ4v) is 2.00. The van der Waals surface area contributed by atoms with E-state index in [2.05, 4.69) is 5.32 Å². The summed E-state index contributed by atoms with van der Waals surface area (Å²) in [6.45, 7) is 0.561. The highest BCUT2D eigenvalue weighted by atomic mass is 32.1. The summed E-state index contributed by atoms with van der Waals surface area (Å²) in [6.07, 6.45) is -1.90. The molecule has 0 saturated heterocycles. The number of alkyl halides is 3. The van der Waals surface area contributed by atoms with Crippen molar-refractivity contribution in [1.29, 1.82) is 0 Å². The molecule has 14 heavy (non-hydrogen) atoms. The van der Waals surface area contributed by atoms with Gasteiger partial charge in [-0.1, -0.05) is 0 Å². The van der Waals surface area contributed by atoms with Crippen LogP contribution in [0.2, 0.25) is 0 Å². The van der Waals surface area contributed by atoms with Gasteiger partial charge in [0.15, 0.2) is 0 Å². The number of hydrogen-bond donors (Lipinski definition) is 1. The number of thiophene rings is 1. The van der Waals surface area contributed by atoms with E-state index >= 15 is 0 Å². The molecule has 1 saturated carbocycles. The van der Waals surface area contributed by atoms with Crippen LogP contribution in [-0.4, -0.2) is 6.04 Å². The van der Waals surface area contributed by atoms with Crippen molar-refractivity contribution >= 4 is 11.3 Å². The minimum atomic E-state index is -4.20. The fraction of sp³-hybridized carbons (Fsp3) is 0.556. The molecule has 0 bridgehead atoms. The van der Waals surface area contributed by atoms with Crippen LogP contribution in [0.5, 0.6) is 0 Å². The van der Waals surface area contributed by atoms with Gasteiger partial charge >= 0.3 is 6.18 Å². The predicted octanol–water partition coefficient (Wildman–Crippen LogP) is 3.02. The first-order valence-electron chi connectivity index (χ1n) is 4.44. The molecule has 2 rings (SSSR count). The van der Waals surface area contributed by atoms with Gasteiger partial charge in [-0.3, -0.25) is 0 Å². The number of rotatable bonds is 3. The quantitative estimate of drug-likeness (QED) is 0.827. The Kier molecular flexibility index (Phi) is 2.53. The zero-order valence-electron chi connectivity index (χ0n) is 7.40. The first kappa shape index (κ1) is 9.98. The molecule has 0 unspecified atom stereocenters. The largest absolute Gasteiger partial charge is 0.417 e. The molecule has 0 amide bonds. The molecule has 0 radical (unpaired) electrons. The third kappa shape index (κ3) is 2.48. The average Bonchev–Trinajstić information content (AvgIpc) is 2.77. The Morgan fingerprint density at radius 3 is 2.64 bits per heavy atom. The predicted molar refractivity (Wildman–Crippen MR) is 49.2 cm³/mol. The first-order valence-corrected chi connectivity index (χ1v) is 5.31. The molecule has 1 aliphatic rings. The molecular weight excluding hydrogens is 211 g/mol. The van der Waals surface area contributed by atoms with Gasteiger partial charge in [0.05, 0.1) is 5.56 Å². The summed E-state index contributed by atoms with van der Waals surface area (Å²) < 4.78 is 36.6. The fourth-order valence-electron chi connectivity index (χ4n) is 1.15. The van der Waals surface area contributed by atoms with Gasteiger partial charge in [0.1, 0.15) is 0 Å². The van der Waals surface area contributed by atoms with Gasteiger partial charge in [0.2, 0.25) is 0 Å². The van der Waals surface area contributed by atoms with Crippen LogP contribution >= 0.6 is 11.3 Å². The molecule has 78 valence electrons. The standard InChI is InChI=1S/C9H10F3NS/c10-9(11,12)6-3-8(14-5-6)4-13-7-1-2-7/h3,5,7,13H,1-2,4H2. The van der Waals surface area contributed by atoms with Crippen molar-refractivity contribution in [3.8, 4) is 0 Å². The molecule has 1 fully saturated rings. The van der Waals surface area contributed by atoms with Crippen LogP contribution in [-0.2, 0) is 12.7 Å². The molecule has 1 nitrogen and oxygen atoms in total. The normalized spacial score (nSPS) is 17.4. The van der Waals surface area contributed by atoms with Crippen molar-refractivity contribution in [3.63, 3.8) is 0 Å². The van der Waals surface area contributed by atoms with E-state index in [0.717, 1.165) is 29.1 Å². The molecule has 0 aromatic carbocycles. The van der Waals surface area contributed by atoms with Gasteiger partial charge in [-0.25, -0.2) is 0 Å². The van der Waals surface area contributed by atoms with Gasteiger partial charge in [0, 0.05) is 22.8 Å². The lowest BCUT2D eigenvalue weighted by atomic mass is 10.3. The van der Waals surface area contributed by atoms with Crippen molar-refractivity contribution in [2.75, 3.05) is 0 Å². The molecule has 1 N–H and O–H groups in total. The lowest BCUT2D eigenvalue weighted by molar-refractivity contribution is -0.137. The van der Waals surface area contributed by atoms with E-state index in [1.165, 1.54) is 11.4 Å². The molecule has 5 heteroatoms. The molecule has 0 atom stereocenters. The molecule has 1 heterocycles. The van der Waals surface area contributed by atoms with E-state index in [1.807, 2.05) is 0 Å². The van der Waals surface area contributed by atoms with E-state index in [-0.39, 0.29) is 0 Å². The Labute approximate surface area is 83.9 Å². The maximum Gasteiger partial charge on any atom is 0.417 e. The second kappa shape index (κ2) is 3.55. The second-order valence-electron chi connectivity index (χ2n) is 3.45. The van der Waals surface area contributed by atoms with Crippen molar-refractivity contribution in [3.05, 3.63) is 21.9 Å². The Morgan fingerprint density at radius 2 is 2.14 bits per heavy atom. The van der Waals surface area contributed by atoms with E-state index in [1.54, 1.807) is 0 Å². The van der Waals surface area contributed by atoms with Crippen LogP contribution in [0.4, 0.5) is 13.2 Å². The van der Waals surface area contributed by atoms with Crippen molar-refractivity contribution in [2.24, 2.45) is 0 Å². The first-order chi connectivity index (χ1) is 6.55. The maximum atomic E-state index is 12.2. The Morgan fingerprint density at radius 1 is 1.43 bits per heavy atom. The Bertz CT molecular complexity index is 314. The van der Waals surface area contributed by atoms with E-state index in [4.69, 9.17) is 0 Å². The van der Waals surface area contributed by atoms with Crippen LogP contribution in [0.1, 0.15) is 23.3 Å². The third-order valence-electron chi connectivity index (χ3n) is 2.12. The summed E-state index contributed by atoms with van der Waals surface area (Å²) in [4.78, 5) is 0.754. The van der Waals surface area contributed by atoms with Crippen LogP contribution < -0.4 is 5.32 Å². The van der Waals surface area contributed by atoms with Gasteiger partial charge in [-0.2, -0.15) is 13.2 Å². The highest BCUT2D eigenvalue weighted by Crippen LogP contribution is 2.32. The van der Waals surface area contributed by atoms with Crippen LogP contribution in [0.15, 0.2) is 11.4 Å². The van der Waals surface area contributed by atoms with E-state index < -0.39 is 11.7 Å². The lowest BCUT2D eigenvalue weighted by Gasteiger charge is -2.01. The monoisotopic (exact) mass is 221 g/mol. The number of halogens is 3. The van der Waals surface area contributed by atoms with E-state index in [9.17, 15) is 13.2 Å². The average molecular weight is 221 g/mol. The Hall–Kier alpha value is -0.550. The summed E-state index contributed by atoms with van der Waals surface area (Å²) in [5.41, 5.74) is -0.532. The highest BCUT2D eigenvalue weighted by molar-refractivity contribution is 7.10. The topological polar surface area (TPSA) is 12.0 Å². The van der Waals surface area contributed by atoms with Crippen molar-refractivity contribution < 1.29 is 13.2 Å². The van der Waals surface area contributed by atoms with Crippen LogP contribution in [0.3, 0.4) is 0 Å². The Balaban J connectivity index is 1.94. The third-order valence-corrected chi connectivity index (χ3v) is 3.06. The maximum absolute atomic E-state index is 12.2. The van der Waals surface area contributed by atoms with Crippen LogP contribution in [0, 0.1) is 0 Å². The summed E-state index contributed by atoms with van der Waals surface area (Å²) in [5.74, 6) is 0. The van der Waals surface area contributed by atoms with Crippen molar-refractivity contribution in [1.82, 2.24) is 5.32 Å². The molecule has 0 aliphatic heterocycles. The second-order valence-corrected chi connectivity index (χ2v) is 4.45. The minimum Gasteiger partial charge on any atom is -0.309 e. The van der Waals surface area contributed by atoms with Gasteiger partial charge in [-0.15, -0.1) is 11.3 Å². The number of nitrogens with one attached hydrogen (secondary N) is 1. The SMILES string of the molecule is FC(F)(F)c1csc(CNC2CC2)c1. The zero-order valence-corrected chi connectivity index (χ0v) is 8.21. The summed E-state index contributed by atoms with van der Waals surface area (Å²) >= 11 is 1.16. The summed E-state index contributed by atoms with van der Waals surface area (Å²) in [6, 6.07) is 1.76. The summed E-state index contributed by atoms with van der Waals surface area (Å²) in [5, 5.41) is 4.35. The number of hydrogen-bond acceptors (Lipinski definition) is 2. The van der Waals surface area contributed by atoms with Crippen LogP contribution in [0.25, 0.3) is 0 Å². The van der Waals surface area contributed by atoms with Crippen molar-refractivity contribution in [2.45, 2.75) is 31.6 Å². The van der Waals surface area contributed by atoms with Gasteiger partial charge in [0.25, 0.3) is 0 Å². The summed E-state index contributed by atoms with van der Waals surface area (Å²) in [7, 11) is 0. The molecule has 1 aromatic heterocycles. The smallest absolute Gasteiger partial charge is 0.309 e.